The lowest BCUT2D eigenvalue weighted by Gasteiger charge is -2.17. The Hall–Kier alpha value is -3.27. The number of imidazole rings is 1. The average Bonchev–Trinajstić information content (AvgIpc) is 3.48. The molecule has 168 valence electrons. The SMILES string of the molecule is CCC(Nc1cc(C)nc(-n2ccnc2)n1)C(=O)NSCCCc1ccc2c(c1)OCO2. The minimum absolute atomic E-state index is 0.0685. The Kier molecular flexibility index (Phi) is 7.10. The van der Waals surface area contributed by atoms with Gasteiger partial charge in [0.2, 0.25) is 12.7 Å². The fourth-order valence-electron chi connectivity index (χ4n) is 3.29. The lowest BCUT2D eigenvalue weighted by atomic mass is 10.1. The average molecular weight is 455 g/mol. The zero-order valence-corrected chi connectivity index (χ0v) is 18.9. The van der Waals surface area contributed by atoms with Crippen LogP contribution < -0.4 is 19.5 Å². The maximum atomic E-state index is 12.7. The number of ether oxygens (including phenoxy) is 2. The van der Waals surface area contributed by atoms with Crippen LogP contribution in [0.15, 0.2) is 43.0 Å². The summed E-state index contributed by atoms with van der Waals surface area (Å²) in [5.74, 6) is 3.46. The number of rotatable bonds is 10. The van der Waals surface area contributed by atoms with Crippen molar-refractivity contribution in [1.82, 2.24) is 24.2 Å². The highest BCUT2D eigenvalue weighted by atomic mass is 32.2. The van der Waals surface area contributed by atoms with E-state index >= 15 is 0 Å². The van der Waals surface area contributed by atoms with Crippen molar-refractivity contribution in [2.24, 2.45) is 0 Å². The first-order chi connectivity index (χ1) is 15.6. The Morgan fingerprint density at radius 1 is 1.25 bits per heavy atom. The Morgan fingerprint density at radius 3 is 2.94 bits per heavy atom. The molecule has 0 saturated carbocycles. The second kappa shape index (κ2) is 10.4. The molecule has 0 aliphatic carbocycles. The molecule has 0 bridgehead atoms. The second-order valence-electron chi connectivity index (χ2n) is 7.38. The van der Waals surface area contributed by atoms with Crippen LogP contribution in [-0.2, 0) is 11.2 Å². The summed E-state index contributed by atoms with van der Waals surface area (Å²) >= 11 is 1.42. The Labute approximate surface area is 191 Å². The van der Waals surface area contributed by atoms with Gasteiger partial charge in [0.05, 0.1) is 0 Å². The smallest absolute Gasteiger partial charge is 0.252 e. The highest BCUT2D eigenvalue weighted by Gasteiger charge is 2.18. The van der Waals surface area contributed by atoms with Crippen LogP contribution in [0.5, 0.6) is 11.5 Å². The van der Waals surface area contributed by atoms with Gasteiger partial charge in [0.1, 0.15) is 18.2 Å². The molecular formula is C22H26N6O3S. The number of aryl methyl sites for hydroxylation is 2. The summed E-state index contributed by atoms with van der Waals surface area (Å²) < 4.78 is 15.4. The van der Waals surface area contributed by atoms with Gasteiger partial charge in [0.15, 0.2) is 11.5 Å². The molecule has 1 aliphatic heterocycles. The van der Waals surface area contributed by atoms with Crippen molar-refractivity contribution in [3.05, 3.63) is 54.2 Å². The van der Waals surface area contributed by atoms with Crippen molar-refractivity contribution in [1.29, 1.82) is 0 Å². The van der Waals surface area contributed by atoms with Gasteiger partial charge < -0.3 is 14.8 Å². The third-order valence-electron chi connectivity index (χ3n) is 4.95. The summed E-state index contributed by atoms with van der Waals surface area (Å²) in [6, 6.07) is 7.45. The van der Waals surface area contributed by atoms with E-state index in [4.69, 9.17) is 9.47 Å². The molecule has 2 N–H and O–H groups in total. The fraction of sp³-hybridized carbons (Fsp3) is 0.364. The maximum Gasteiger partial charge on any atom is 0.252 e. The number of anilines is 1. The van der Waals surface area contributed by atoms with Gasteiger partial charge in [0, 0.05) is 29.9 Å². The number of benzene rings is 1. The summed E-state index contributed by atoms with van der Waals surface area (Å²) in [6.45, 7) is 4.14. The normalized spacial score (nSPS) is 13.1. The summed E-state index contributed by atoms with van der Waals surface area (Å²) in [7, 11) is 0. The molecule has 1 aromatic carbocycles. The number of carbonyl (C=O) groups excluding carboxylic acids is 1. The van der Waals surface area contributed by atoms with Crippen LogP contribution in [0.25, 0.3) is 5.95 Å². The minimum Gasteiger partial charge on any atom is -0.454 e. The van der Waals surface area contributed by atoms with Gasteiger partial charge in [-0.1, -0.05) is 24.9 Å². The molecule has 0 saturated heterocycles. The van der Waals surface area contributed by atoms with E-state index in [0.29, 0.717) is 18.2 Å². The monoisotopic (exact) mass is 454 g/mol. The van der Waals surface area contributed by atoms with Gasteiger partial charge in [-0.25, -0.2) is 9.97 Å². The highest BCUT2D eigenvalue weighted by Crippen LogP contribution is 2.32. The molecule has 0 fully saturated rings. The summed E-state index contributed by atoms with van der Waals surface area (Å²) in [4.78, 5) is 25.6. The van der Waals surface area contributed by atoms with E-state index in [1.807, 2.05) is 32.0 Å². The molecule has 1 amide bonds. The number of fused-ring (bicyclic) bond motifs is 1. The molecule has 2 aromatic heterocycles. The van der Waals surface area contributed by atoms with Crippen LogP contribution in [0.1, 0.15) is 31.0 Å². The molecule has 9 nitrogen and oxygen atoms in total. The van der Waals surface area contributed by atoms with Crippen molar-refractivity contribution in [2.75, 3.05) is 17.9 Å². The van der Waals surface area contributed by atoms with Gasteiger partial charge in [-0.3, -0.25) is 14.1 Å². The Bertz CT molecular complexity index is 1060. The van der Waals surface area contributed by atoms with Crippen LogP contribution in [0.4, 0.5) is 5.82 Å². The van der Waals surface area contributed by atoms with E-state index in [2.05, 4.69) is 31.1 Å². The summed E-state index contributed by atoms with van der Waals surface area (Å²) in [5.41, 5.74) is 2.00. The molecule has 32 heavy (non-hydrogen) atoms. The Morgan fingerprint density at radius 2 is 2.12 bits per heavy atom. The zero-order valence-electron chi connectivity index (χ0n) is 18.1. The predicted octanol–water partition coefficient (Wildman–Crippen LogP) is 3.29. The van der Waals surface area contributed by atoms with Gasteiger partial charge in [0.25, 0.3) is 5.91 Å². The first-order valence-corrected chi connectivity index (χ1v) is 11.5. The third kappa shape index (κ3) is 5.50. The molecule has 10 heteroatoms. The van der Waals surface area contributed by atoms with Gasteiger partial charge in [-0.05, 0) is 43.9 Å². The highest BCUT2D eigenvalue weighted by molar-refractivity contribution is 7.97. The molecule has 1 unspecified atom stereocenters. The Balaban J connectivity index is 1.24. The first-order valence-electron chi connectivity index (χ1n) is 10.5. The fourth-order valence-corrected chi connectivity index (χ4v) is 3.96. The minimum atomic E-state index is -0.388. The molecule has 1 atom stereocenters. The molecule has 3 heterocycles. The third-order valence-corrected chi connectivity index (χ3v) is 5.78. The first kappa shape index (κ1) is 21.9. The number of hydrogen-bond acceptors (Lipinski definition) is 8. The summed E-state index contributed by atoms with van der Waals surface area (Å²) in [6.07, 6.45) is 7.57. The van der Waals surface area contributed by atoms with E-state index in [-0.39, 0.29) is 18.7 Å². The van der Waals surface area contributed by atoms with E-state index in [1.54, 1.807) is 23.3 Å². The van der Waals surface area contributed by atoms with E-state index in [9.17, 15) is 4.79 Å². The van der Waals surface area contributed by atoms with Crippen LogP contribution in [-0.4, -0.2) is 44.0 Å². The van der Waals surface area contributed by atoms with Crippen molar-refractivity contribution < 1.29 is 14.3 Å². The molecule has 4 rings (SSSR count). The standard InChI is InChI=1S/C22H26N6O3S/c1-3-17(25-20-11-15(2)24-22(26-20)28-9-8-23-13-28)21(29)27-32-10-4-5-16-6-7-18-19(12-16)31-14-30-18/h6-9,11-13,17H,3-5,10,14H2,1-2H3,(H,27,29)(H,24,25,26). The van der Waals surface area contributed by atoms with Gasteiger partial charge >= 0.3 is 0 Å². The quantitative estimate of drug-likeness (QED) is 0.355. The molecule has 0 radical (unpaired) electrons. The van der Waals surface area contributed by atoms with Crippen LogP contribution in [0.2, 0.25) is 0 Å². The molecule has 0 spiro atoms. The maximum absolute atomic E-state index is 12.7. The van der Waals surface area contributed by atoms with E-state index < -0.39 is 0 Å². The molecular weight excluding hydrogens is 428 g/mol. The van der Waals surface area contributed by atoms with Crippen molar-refractivity contribution >= 4 is 23.7 Å². The van der Waals surface area contributed by atoms with Crippen LogP contribution >= 0.6 is 11.9 Å². The van der Waals surface area contributed by atoms with E-state index in [1.165, 1.54) is 17.5 Å². The predicted molar refractivity (Wildman–Crippen MR) is 123 cm³/mol. The topological polar surface area (TPSA) is 103 Å². The number of aromatic nitrogens is 4. The van der Waals surface area contributed by atoms with Crippen molar-refractivity contribution in [3.63, 3.8) is 0 Å². The van der Waals surface area contributed by atoms with Crippen LogP contribution in [0.3, 0.4) is 0 Å². The van der Waals surface area contributed by atoms with Gasteiger partial charge in [-0.2, -0.15) is 4.98 Å². The van der Waals surface area contributed by atoms with Crippen LogP contribution in [0, 0.1) is 6.92 Å². The largest absolute Gasteiger partial charge is 0.454 e. The zero-order chi connectivity index (χ0) is 22.3. The lowest BCUT2D eigenvalue weighted by Crippen LogP contribution is -2.36. The van der Waals surface area contributed by atoms with Crippen molar-refractivity contribution in [2.45, 2.75) is 39.2 Å². The lowest BCUT2D eigenvalue weighted by molar-refractivity contribution is -0.120. The van der Waals surface area contributed by atoms with Crippen molar-refractivity contribution in [3.8, 4) is 17.4 Å². The number of amides is 1. The number of nitrogens with one attached hydrogen (secondary N) is 2. The number of hydrogen-bond donors (Lipinski definition) is 2. The number of nitrogens with zero attached hydrogens (tertiary/aromatic N) is 4. The van der Waals surface area contributed by atoms with Gasteiger partial charge in [-0.15, -0.1) is 0 Å². The number of carbonyl (C=O) groups is 1. The molecule has 1 aliphatic rings. The van der Waals surface area contributed by atoms with E-state index in [0.717, 1.165) is 35.8 Å². The summed E-state index contributed by atoms with van der Waals surface area (Å²) in [5, 5.41) is 3.23. The second-order valence-corrected chi connectivity index (χ2v) is 8.28. The molecule has 3 aromatic rings.